The lowest BCUT2D eigenvalue weighted by Gasteiger charge is -2.24. The summed E-state index contributed by atoms with van der Waals surface area (Å²) in [6, 6.07) is 6.38. The summed E-state index contributed by atoms with van der Waals surface area (Å²) in [6.07, 6.45) is -1.49. The topological polar surface area (TPSA) is 148 Å². The van der Waals surface area contributed by atoms with Crippen LogP contribution in [-0.2, 0) is 25.5 Å². The van der Waals surface area contributed by atoms with Gasteiger partial charge >= 0.3 is 12.1 Å². The Hall–Kier alpha value is -3.10. The van der Waals surface area contributed by atoms with E-state index in [-0.39, 0.29) is 6.42 Å². The van der Waals surface area contributed by atoms with E-state index in [4.69, 9.17) is 15.6 Å². The van der Waals surface area contributed by atoms with Crippen LogP contribution in [0.3, 0.4) is 0 Å². The molecule has 0 unspecified atom stereocenters. The van der Waals surface area contributed by atoms with Crippen molar-refractivity contribution >= 4 is 23.9 Å². The lowest BCUT2D eigenvalue weighted by Crippen LogP contribution is -2.54. The molecule has 0 aliphatic heterocycles. The molecule has 0 fully saturated rings. The van der Waals surface area contributed by atoms with Crippen LogP contribution in [0.4, 0.5) is 4.79 Å². The number of hydrogen-bond acceptors (Lipinski definition) is 5. The SMILES string of the molecule is CC(C)(C)OC(=O)N[C@@H](CC(=O)O)C(=O)N[C@@H](Cc1ccccc1)C(N)=O. The third-order valence-corrected chi connectivity index (χ3v) is 3.33. The van der Waals surface area contributed by atoms with Crippen molar-refractivity contribution < 1.29 is 29.0 Å². The molecule has 0 heterocycles. The fourth-order valence-corrected chi connectivity index (χ4v) is 2.18. The number of rotatable bonds is 8. The molecule has 0 radical (unpaired) electrons. The first-order valence-electron chi connectivity index (χ1n) is 8.33. The molecule has 0 aliphatic carbocycles. The Bertz CT molecular complexity index is 684. The van der Waals surface area contributed by atoms with E-state index in [2.05, 4.69) is 10.6 Å². The van der Waals surface area contributed by atoms with Gasteiger partial charge in [0.1, 0.15) is 17.7 Å². The largest absolute Gasteiger partial charge is 0.481 e. The monoisotopic (exact) mass is 379 g/mol. The van der Waals surface area contributed by atoms with Crippen molar-refractivity contribution in [2.24, 2.45) is 5.73 Å². The third kappa shape index (κ3) is 8.70. The molecule has 1 rings (SSSR count). The average Bonchev–Trinajstić information content (AvgIpc) is 2.52. The maximum absolute atomic E-state index is 12.4. The number of alkyl carbamates (subject to hydrolysis) is 1. The Morgan fingerprint density at radius 3 is 2.15 bits per heavy atom. The molecule has 0 aliphatic rings. The van der Waals surface area contributed by atoms with Crippen LogP contribution in [-0.4, -0.2) is 46.7 Å². The Morgan fingerprint density at radius 1 is 1.07 bits per heavy atom. The number of primary amides is 1. The van der Waals surface area contributed by atoms with Gasteiger partial charge in [-0.25, -0.2) is 4.79 Å². The number of carbonyl (C=O) groups is 4. The minimum absolute atomic E-state index is 0.133. The van der Waals surface area contributed by atoms with Crippen LogP contribution in [0.2, 0.25) is 0 Å². The van der Waals surface area contributed by atoms with Gasteiger partial charge in [-0.3, -0.25) is 14.4 Å². The van der Waals surface area contributed by atoms with E-state index in [9.17, 15) is 19.2 Å². The molecule has 5 N–H and O–H groups in total. The minimum atomic E-state index is -1.42. The summed E-state index contributed by atoms with van der Waals surface area (Å²) in [4.78, 5) is 47.0. The number of ether oxygens (including phenoxy) is 1. The number of carboxylic acids is 1. The van der Waals surface area contributed by atoms with E-state index in [1.165, 1.54) is 0 Å². The second-order valence-corrected chi connectivity index (χ2v) is 6.95. The van der Waals surface area contributed by atoms with Gasteiger partial charge in [0.25, 0.3) is 0 Å². The third-order valence-electron chi connectivity index (χ3n) is 3.33. The van der Waals surface area contributed by atoms with E-state index in [1.54, 1.807) is 51.1 Å². The molecule has 27 heavy (non-hydrogen) atoms. The van der Waals surface area contributed by atoms with Crippen LogP contribution in [0.1, 0.15) is 32.8 Å². The molecular weight excluding hydrogens is 354 g/mol. The highest BCUT2D eigenvalue weighted by atomic mass is 16.6. The van der Waals surface area contributed by atoms with Crippen LogP contribution in [0, 0.1) is 0 Å². The van der Waals surface area contributed by atoms with Gasteiger partial charge in [0.05, 0.1) is 6.42 Å². The zero-order valence-electron chi connectivity index (χ0n) is 15.5. The van der Waals surface area contributed by atoms with Crippen molar-refractivity contribution in [1.29, 1.82) is 0 Å². The number of nitrogens with one attached hydrogen (secondary N) is 2. The second kappa shape index (κ2) is 9.56. The summed E-state index contributed by atoms with van der Waals surface area (Å²) in [5.41, 5.74) is 5.28. The zero-order valence-corrected chi connectivity index (χ0v) is 15.5. The maximum atomic E-state index is 12.4. The normalized spacial score (nSPS) is 13.1. The first-order chi connectivity index (χ1) is 12.5. The van der Waals surface area contributed by atoms with Crippen LogP contribution >= 0.6 is 0 Å². The molecular formula is C18H25N3O6. The van der Waals surface area contributed by atoms with Gasteiger partial charge in [-0.15, -0.1) is 0 Å². The molecule has 148 valence electrons. The number of benzene rings is 1. The van der Waals surface area contributed by atoms with Crippen molar-refractivity contribution in [3.8, 4) is 0 Å². The lowest BCUT2D eigenvalue weighted by molar-refractivity contribution is -0.140. The number of nitrogens with two attached hydrogens (primary N) is 1. The summed E-state index contributed by atoms with van der Waals surface area (Å²) in [6.45, 7) is 4.88. The van der Waals surface area contributed by atoms with Crippen LogP contribution < -0.4 is 16.4 Å². The van der Waals surface area contributed by atoms with Gasteiger partial charge in [-0.1, -0.05) is 30.3 Å². The quantitative estimate of drug-likeness (QED) is 0.519. The summed E-state index contributed by atoms with van der Waals surface area (Å²) in [5, 5.41) is 13.6. The van der Waals surface area contributed by atoms with Gasteiger partial charge in [0, 0.05) is 6.42 Å². The highest BCUT2D eigenvalue weighted by Crippen LogP contribution is 2.08. The highest BCUT2D eigenvalue weighted by Gasteiger charge is 2.29. The van der Waals surface area contributed by atoms with Crippen LogP contribution in [0.15, 0.2) is 30.3 Å². The molecule has 9 nitrogen and oxygen atoms in total. The molecule has 1 aromatic carbocycles. The molecule has 0 saturated heterocycles. The van der Waals surface area contributed by atoms with Crippen molar-refractivity contribution in [1.82, 2.24) is 10.6 Å². The number of amides is 3. The highest BCUT2D eigenvalue weighted by molar-refractivity contribution is 5.93. The Labute approximate surface area is 157 Å². The Kier molecular flexibility index (Phi) is 7.77. The fraction of sp³-hybridized carbons (Fsp3) is 0.444. The smallest absolute Gasteiger partial charge is 0.408 e. The fourth-order valence-electron chi connectivity index (χ4n) is 2.18. The predicted molar refractivity (Wildman–Crippen MR) is 96.7 cm³/mol. The summed E-state index contributed by atoms with van der Waals surface area (Å²) in [7, 11) is 0. The van der Waals surface area contributed by atoms with Crippen molar-refractivity contribution in [3.63, 3.8) is 0 Å². The van der Waals surface area contributed by atoms with Crippen LogP contribution in [0.25, 0.3) is 0 Å². The Morgan fingerprint density at radius 2 is 1.67 bits per heavy atom. The van der Waals surface area contributed by atoms with Gasteiger partial charge in [0.15, 0.2) is 0 Å². The molecule has 0 saturated carbocycles. The van der Waals surface area contributed by atoms with Gasteiger partial charge < -0.3 is 26.2 Å². The van der Waals surface area contributed by atoms with Gasteiger partial charge in [-0.05, 0) is 26.3 Å². The number of hydrogen-bond donors (Lipinski definition) is 4. The lowest BCUT2D eigenvalue weighted by atomic mass is 10.0. The number of carbonyl (C=O) groups excluding carboxylic acids is 3. The van der Waals surface area contributed by atoms with E-state index in [1.807, 2.05) is 0 Å². The number of aliphatic carboxylic acids is 1. The standard InChI is InChI=1S/C18H25N3O6/c1-18(2,3)27-17(26)21-13(10-14(22)23)16(25)20-12(15(19)24)9-11-7-5-4-6-8-11/h4-8,12-13H,9-10H2,1-3H3,(H2,19,24)(H,20,25)(H,21,26)(H,22,23)/t12-,13-/m0/s1. The minimum Gasteiger partial charge on any atom is -0.481 e. The summed E-state index contributed by atoms with van der Waals surface area (Å²) >= 11 is 0. The second-order valence-electron chi connectivity index (χ2n) is 6.95. The van der Waals surface area contributed by atoms with E-state index in [0.717, 1.165) is 5.56 Å². The van der Waals surface area contributed by atoms with Gasteiger partial charge in [0.2, 0.25) is 11.8 Å². The first kappa shape index (κ1) is 21.9. The molecule has 3 amide bonds. The zero-order chi connectivity index (χ0) is 20.6. The van der Waals surface area contributed by atoms with E-state index < -0.39 is 48.0 Å². The van der Waals surface area contributed by atoms with E-state index >= 15 is 0 Å². The number of carboxylic acid groups (broad SMARTS) is 1. The average molecular weight is 379 g/mol. The first-order valence-corrected chi connectivity index (χ1v) is 8.33. The molecule has 1 aromatic rings. The summed E-state index contributed by atoms with van der Waals surface area (Å²) < 4.78 is 5.03. The van der Waals surface area contributed by atoms with Crippen molar-refractivity contribution in [2.45, 2.75) is 51.3 Å². The molecule has 0 spiro atoms. The summed E-state index contributed by atoms with van der Waals surface area (Å²) in [5.74, 6) is -2.92. The van der Waals surface area contributed by atoms with Crippen molar-refractivity contribution in [3.05, 3.63) is 35.9 Å². The van der Waals surface area contributed by atoms with E-state index in [0.29, 0.717) is 0 Å². The molecule has 0 aromatic heterocycles. The molecule has 0 bridgehead atoms. The van der Waals surface area contributed by atoms with Gasteiger partial charge in [-0.2, -0.15) is 0 Å². The maximum Gasteiger partial charge on any atom is 0.408 e. The molecule has 9 heteroatoms. The predicted octanol–water partition coefficient (Wildman–Crippen LogP) is 0.567. The molecule has 2 atom stereocenters. The van der Waals surface area contributed by atoms with Crippen molar-refractivity contribution in [2.75, 3.05) is 0 Å². The van der Waals surface area contributed by atoms with Crippen LogP contribution in [0.5, 0.6) is 0 Å². The Balaban J connectivity index is 2.84.